The number of nitrogens with zero attached hydrogens (tertiary/aromatic N) is 2. The van der Waals surface area contributed by atoms with Crippen molar-refractivity contribution in [3.8, 4) is 11.1 Å². The molecular weight excluding hydrogens is 701 g/mol. The standard InChI is InChI=1S/C52H30N2OS/c1-2-9-34(10-3-1)53(36-23-24-39-38-12-5-7-16-47(38)55-48(39)29-36)35-21-17-31(18-22-35)32-19-25-49-44(27-32)51-42-30-46-43(28-33(42)20-26-50(51)56-49)41-14-8-13-40-37-11-4-6-15-45(37)54(46)52(40)41/h1-30H. The average molecular weight is 731 g/mol. The molecule has 4 aromatic heterocycles. The molecule has 260 valence electrons. The highest BCUT2D eigenvalue weighted by atomic mass is 32.1. The van der Waals surface area contributed by atoms with E-state index in [2.05, 4.69) is 179 Å². The maximum atomic E-state index is 6.31. The van der Waals surface area contributed by atoms with E-state index >= 15 is 0 Å². The van der Waals surface area contributed by atoms with Crippen LogP contribution in [0.25, 0.3) is 102 Å². The van der Waals surface area contributed by atoms with Crippen molar-refractivity contribution >= 4 is 119 Å². The maximum Gasteiger partial charge on any atom is 0.137 e. The molecule has 13 aromatic rings. The summed E-state index contributed by atoms with van der Waals surface area (Å²) in [5, 5.41) is 12.7. The van der Waals surface area contributed by atoms with Gasteiger partial charge in [0.1, 0.15) is 11.2 Å². The number of fused-ring (bicyclic) bond motifs is 14. The van der Waals surface area contributed by atoms with Crippen molar-refractivity contribution in [2.75, 3.05) is 4.90 Å². The Bertz CT molecular complexity index is 3700. The largest absolute Gasteiger partial charge is 0.456 e. The smallest absolute Gasteiger partial charge is 0.137 e. The molecule has 0 atom stereocenters. The van der Waals surface area contributed by atoms with Crippen molar-refractivity contribution < 1.29 is 4.42 Å². The molecule has 0 aliphatic rings. The highest BCUT2D eigenvalue weighted by Crippen LogP contribution is 2.45. The highest BCUT2D eigenvalue weighted by molar-refractivity contribution is 7.26. The van der Waals surface area contributed by atoms with Gasteiger partial charge in [-0.05, 0) is 101 Å². The quantitative estimate of drug-likeness (QED) is 0.180. The number of thiophene rings is 1. The summed E-state index contributed by atoms with van der Waals surface area (Å²) < 4.78 is 11.4. The number of rotatable bonds is 4. The first-order chi connectivity index (χ1) is 27.7. The van der Waals surface area contributed by atoms with Crippen molar-refractivity contribution in [3.63, 3.8) is 0 Å². The molecule has 0 aliphatic heterocycles. The van der Waals surface area contributed by atoms with Crippen LogP contribution < -0.4 is 4.90 Å². The minimum atomic E-state index is 0.884. The molecule has 0 fully saturated rings. The molecule has 0 radical (unpaired) electrons. The lowest BCUT2D eigenvalue weighted by Crippen LogP contribution is -2.09. The normalized spacial score (nSPS) is 12.3. The zero-order chi connectivity index (χ0) is 36.5. The predicted molar refractivity (Wildman–Crippen MR) is 239 cm³/mol. The van der Waals surface area contributed by atoms with Crippen LogP contribution in [0.15, 0.2) is 186 Å². The summed E-state index contributed by atoms with van der Waals surface area (Å²) in [6.45, 7) is 0. The van der Waals surface area contributed by atoms with Crippen LogP contribution in [0.3, 0.4) is 0 Å². The minimum absolute atomic E-state index is 0.884. The van der Waals surface area contributed by atoms with E-state index in [9.17, 15) is 0 Å². The summed E-state index contributed by atoms with van der Waals surface area (Å²) in [6, 6.07) is 66.4. The Morgan fingerprint density at radius 3 is 1.98 bits per heavy atom. The molecule has 0 saturated carbocycles. The first kappa shape index (κ1) is 30.2. The molecule has 4 heterocycles. The van der Waals surface area contributed by atoms with Crippen molar-refractivity contribution in [1.82, 2.24) is 4.40 Å². The molecule has 0 unspecified atom stereocenters. The summed E-state index contributed by atoms with van der Waals surface area (Å²) in [4.78, 5) is 2.30. The van der Waals surface area contributed by atoms with Gasteiger partial charge in [-0.2, -0.15) is 0 Å². The fourth-order valence-electron chi connectivity index (χ4n) is 9.38. The van der Waals surface area contributed by atoms with E-state index in [4.69, 9.17) is 4.42 Å². The van der Waals surface area contributed by atoms with E-state index < -0.39 is 0 Å². The number of hydrogen-bond donors (Lipinski definition) is 0. The fraction of sp³-hybridized carbons (Fsp3) is 0. The molecule has 0 N–H and O–H groups in total. The second kappa shape index (κ2) is 11.2. The second-order valence-corrected chi connectivity index (χ2v) is 16.0. The van der Waals surface area contributed by atoms with Gasteiger partial charge >= 0.3 is 0 Å². The number of hydrogen-bond acceptors (Lipinski definition) is 3. The summed E-state index contributed by atoms with van der Waals surface area (Å²) in [5.74, 6) is 0. The van der Waals surface area contributed by atoms with Crippen LogP contribution in [-0.2, 0) is 0 Å². The topological polar surface area (TPSA) is 20.8 Å². The Balaban J connectivity index is 0.954. The molecule has 0 amide bonds. The highest BCUT2D eigenvalue weighted by Gasteiger charge is 2.20. The molecule has 0 aliphatic carbocycles. The van der Waals surface area contributed by atoms with E-state index in [-0.39, 0.29) is 0 Å². The lowest BCUT2D eigenvalue weighted by Gasteiger charge is -2.25. The van der Waals surface area contributed by atoms with Gasteiger partial charge in [-0.25, -0.2) is 0 Å². The summed E-state index contributed by atoms with van der Waals surface area (Å²) in [5.41, 5.74) is 11.3. The van der Waals surface area contributed by atoms with Gasteiger partial charge in [-0.3, -0.25) is 0 Å². The Morgan fingerprint density at radius 2 is 1.09 bits per heavy atom. The van der Waals surface area contributed by atoms with Crippen LogP contribution in [0.5, 0.6) is 0 Å². The first-order valence-corrected chi connectivity index (χ1v) is 19.9. The van der Waals surface area contributed by atoms with Crippen molar-refractivity contribution in [3.05, 3.63) is 182 Å². The minimum Gasteiger partial charge on any atom is -0.456 e. The summed E-state index contributed by atoms with van der Waals surface area (Å²) in [7, 11) is 0. The molecule has 13 rings (SSSR count). The third kappa shape index (κ3) is 4.16. The molecular formula is C52H30N2OS. The van der Waals surface area contributed by atoms with Crippen molar-refractivity contribution in [2.45, 2.75) is 0 Å². The van der Waals surface area contributed by atoms with E-state index in [1.807, 2.05) is 23.5 Å². The monoisotopic (exact) mass is 730 g/mol. The molecule has 0 saturated heterocycles. The van der Waals surface area contributed by atoms with Gasteiger partial charge < -0.3 is 13.7 Å². The lowest BCUT2D eigenvalue weighted by atomic mass is 9.98. The summed E-state index contributed by atoms with van der Waals surface area (Å²) in [6.07, 6.45) is 0. The molecule has 3 nitrogen and oxygen atoms in total. The molecule has 56 heavy (non-hydrogen) atoms. The van der Waals surface area contributed by atoms with E-state index in [1.165, 1.54) is 80.2 Å². The number of anilines is 3. The SMILES string of the molecule is c1ccc(N(c2ccc(-c3ccc4sc5ccc6cc7c8cccc9c%10ccccc%10n(c7cc6c5c4c3)c98)cc2)c2ccc3c(c2)oc2ccccc23)cc1. The number of benzene rings is 9. The first-order valence-electron chi connectivity index (χ1n) is 19.1. The van der Waals surface area contributed by atoms with Crippen LogP contribution in [0.1, 0.15) is 0 Å². The second-order valence-electron chi connectivity index (χ2n) is 14.9. The average Bonchev–Trinajstić information content (AvgIpc) is 4.00. The predicted octanol–water partition coefficient (Wildman–Crippen LogP) is 15.4. The fourth-order valence-corrected chi connectivity index (χ4v) is 10.5. The van der Waals surface area contributed by atoms with Crippen LogP contribution in [0, 0.1) is 0 Å². The zero-order valence-electron chi connectivity index (χ0n) is 30.0. The Kier molecular flexibility index (Phi) is 6.04. The van der Waals surface area contributed by atoms with E-state index in [0.29, 0.717) is 0 Å². The maximum absolute atomic E-state index is 6.31. The van der Waals surface area contributed by atoms with E-state index in [0.717, 1.165) is 39.0 Å². The third-order valence-corrected chi connectivity index (χ3v) is 13.0. The molecule has 9 aromatic carbocycles. The Hall–Kier alpha value is -7.14. The van der Waals surface area contributed by atoms with Gasteiger partial charge in [0.15, 0.2) is 0 Å². The summed E-state index contributed by atoms with van der Waals surface area (Å²) >= 11 is 1.88. The number of para-hydroxylation sites is 4. The molecule has 0 spiro atoms. The van der Waals surface area contributed by atoms with Crippen molar-refractivity contribution in [1.29, 1.82) is 0 Å². The lowest BCUT2D eigenvalue weighted by molar-refractivity contribution is 0.669. The Labute approximate surface area is 324 Å². The van der Waals surface area contributed by atoms with Crippen LogP contribution in [0.4, 0.5) is 17.1 Å². The molecule has 0 bridgehead atoms. The van der Waals surface area contributed by atoms with Crippen LogP contribution >= 0.6 is 11.3 Å². The molecule has 4 heteroatoms. The van der Waals surface area contributed by atoms with Crippen LogP contribution in [0.2, 0.25) is 0 Å². The third-order valence-electron chi connectivity index (χ3n) is 11.9. The van der Waals surface area contributed by atoms with Gasteiger partial charge in [-0.15, -0.1) is 11.3 Å². The van der Waals surface area contributed by atoms with Gasteiger partial charge in [0, 0.05) is 75.6 Å². The van der Waals surface area contributed by atoms with Crippen LogP contribution in [-0.4, -0.2) is 4.40 Å². The van der Waals surface area contributed by atoms with E-state index in [1.54, 1.807) is 0 Å². The Morgan fingerprint density at radius 1 is 0.393 bits per heavy atom. The zero-order valence-corrected chi connectivity index (χ0v) is 30.8. The van der Waals surface area contributed by atoms with Crippen molar-refractivity contribution in [2.24, 2.45) is 0 Å². The van der Waals surface area contributed by atoms with Gasteiger partial charge in [-0.1, -0.05) is 97.1 Å². The van der Waals surface area contributed by atoms with Gasteiger partial charge in [0.25, 0.3) is 0 Å². The number of aromatic nitrogens is 1. The van der Waals surface area contributed by atoms with Gasteiger partial charge in [0.05, 0.1) is 16.6 Å². The van der Waals surface area contributed by atoms with Gasteiger partial charge in [0.2, 0.25) is 0 Å². The number of furan rings is 1.